The van der Waals surface area contributed by atoms with Crippen molar-refractivity contribution < 1.29 is 14.3 Å². The number of thioether (sulfide) groups is 1. The van der Waals surface area contributed by atoms with Gasteiger partial charge in [-0.3, -0.25) is 9.59 Å². The molecule has 4 nitrogen and oxygen atoms in total. The molecule has 2 aromatic carbocycles. The summed E-state index contributed by atoms with van der Waals surface area (Å²) in [5.74, 6) is 0.298. The number of rotatable bonds is 4. The average molecular weight is 394 g/mol. The summed E-state index contributed by atoms with van der Waals surface area (Å²) in [6, 6.07) is 11.8. The molecule has 3 rings (SSSR count). The van der Waals surface area contributed by atoms with Crippen LogP contribution < -0.4 is 9.64 Å². The van der Waals surface area contributed by atoms with Gasteiger partial charge in [-0.2, -0.15) is 0 Å². The first-order valence-electron chi connectivity index (χ1n) is 7.45. The molecule has 1 aliphatic heterocycles. The number of hydrogen-bond donors (Lipinski definition) is 0. The van der Waals surface area contributed by atoms with Crippen molar-refractivity contribution in [2.45, 2.75) is 6.92 Å². The van der Waals surface area contributed by atoms with Crippen molar-refractivity contribution in [2.24, 2.45) is 0 Å². The van der Waals surface area contributed by atoms with Gasteiger partial charge in [-0.15, -0.1) is 0 Å². The summed E-state index contributed by atoms with van der Waals surface area (Å²) < 4.78 is 5.37. The third-order valence-corrected chi connectivity index (χ3v) is 4.88. The van der Waals surface area contributed by atoms with Crippen LogP contribution in [0.2, 0.25) is 10.0 Å². The van der Waals surface area contributed by atoms with E-state index >= 15 is 0 Å². The highest BCUT2D eigenvalue weighted by atomic mass is 35.5. The Bertz CT molecular complexity index is 865. The second kappa shape index (κ2) is 7.52. The molecule has 25 heavy (non-hydrogen) atoms. The molecular formula is C18H13Cl2NO3S. The summed E-state index contributed by atoms with van der Waals surface area (Å²) in [5, 5.41) is 0.565. The van der Waals surface area contributed by atoms with Crippen molar-refractivity contribution in [1.29, 1.82) is 0 Å². The number of ether oxygens (including phenoxy) is 1. The zero-order chi connectivity index (χ0) is 18.0. The number of nitrogens with zero attached hydrogens (tertiary/aromatic N) is 1. The maximum absolute atomic E-state index is 12.6. The van der Waals surface area contributed by atoms with E-state index in [-0.39, 0.29) is 11.1 Å². The second-order valence-electron chi connectivity index (χ2n) is 5.11. The summed E-state index contributed by atoms with van der Waals surface area (Å²) in [5.41, 5.74) is 1.12. The number of hydrogen-bond acceptors (Lipinski definition) is 4. The molecule has 7 heteroatoms. The molecule has 0 bridgehead atoms. The van der Waals surface area contributed by atoms with Crippen LogP contribution in [-0.4, -0.2) is 17.8 Å². The van der Waals surface area contributed by atoms with E-state index < -0.39 is 0 Å². The molecule has 1 aliphatic rings. The lowest BCUT2D eigenvalue weighted by Crippen LogP contribution is -2.27. The van der Waals surface area contributed by atoms with Crippen LogP contribution in [0.4, 0.5) is 10.5 Å². The van der Waals surface area contributed by atoms with Crippen LogP contribution in [0.25, 0.3) is 6.08 Å². The van der Waals surface area contributed by atoms with Gasteiger partial charge in [-0.25, -0.2) is 4.90 Å². The van der Waals surface area contributed by atoms with Gasteiger partial charge < -0.3 is 4.74 Å². The predicted octanol–water partition coefficient (Wildman–Crippen LogP) is 5.63. The Morgan fingerprint density at radius 3 is 2.48 bits per heavy atom. The van der Waals surface area contributed by atoms with Crippen LogP contribution in [0.3, 0.4) is 0 Å². The van der Waals surface area contributed by atoms with Crippen LogP contribution in [0.5, 0.6) is 5.75 Å². The van der Waals surface area contributed by atoms with E-state index in [2.05, 4.69) is 0 Å². The Hall–Kier alpha value is -1.95. The van der Waals surface area contributed by atoms with Gasteiger partial charge in [0.2, 0.25) is 0 Å². The maximum Gasteiger partial charge on any atom is 0.298 e. The highest BCUT2D eigenvalue weighted by Gasteiger charge is 2.36. The summed E-state index contributed by atoms with van der Waals surface area (Å²) in [4.78, 5) is 26.3. The van der Waals surface area contributed by atoms with Crippen molar-refractivity contribution in [3.05, 3.63) is 63.0 Å². The monoisotopic (exact) mass is 393 g/mol. The first kappa shape index (κ1) is 17.9. The van der Waals surface area contributed by atoms with Crippen LogP contribution >= 0.6 is 35.0 Å². The lowest BCUT2D eigenvalue weighted by Gasteiger charge is -2.13. The first-order chi connectivity index (χ1) is 12.0. The molecule has 0 N–H and O–H groups in total. The van der Waals surface area contributed by atoms with Crippen molar-refractivity contribution in [3.8, 4) is 5.75 Å². The van der Waals surface area contributed by atoms with Gasteiger partial charge >= 0.3 is 0 Å². The Morgan fingerprint density at radius 1 is 1.12 bits per heavy atom. The number of amides is 2. The standard InChI is InChI=1S/C18H13Cl2NO3S/c1-2-24-14-7-5-13(6-8-14)21-17(22)16(25-18(21)23)9-11-3-4-12(19)10-15(11)20/h3-10H,2H2,1H3. The van der Waals surface area contributed by atoms with E-state index in [1.807, 2.05) is 6.92 Å². The van der Waals surface area contributed by atoms with Crippen LogP contribution in [-0.2, 0) is 4.79 Å². The third-order valence-electron chi connectivity index (χ3n) is 3.45. The third kappa shape index (κ3) is 3.84. The maximum atomic E-state index is 12.6. The molecular weight excluding hydrogens is 381 g/mol. The molecule has 128 valence electrons. The highest BCUT2D eigenvalue weighted by molar-refractivity contribution is 8.19. The first-order valence-corrected chi connectivity index (χ1v) is 9.02. The molecule has 0 atom stereocenters. The molecule has 0 radical (unpaired) electrons. The molecule has 0 aliphatic carbocycles. The molecule has 0 unspecified atom stereocenters. The van der Waals surface area contributed by atoms with E-state index in [0.29, 0.717) is 38.6 Å². The lowest BCUT2D eigenvalue weighted by molar-refractivity contribution is -0.113. The minimum Gasteiger partial charge on any atom is -0.494 e. The van der Waals surface area contributed by atoms with Crippen LogP contribution in [0.15, 0.2) is 47.4 Å². The van der Waals surface area contributed by atoms with Gasteiger partial charge in [0.05, 0.1) is 17.2 Å². The Balaban J connectivity index is 1.88. The van der Waals surface area contributed by atoms with E-state index in [9.17, 15) is 9.59 Å². The Kier molecular flexibility index (Phi) is 5.37. The highest BCUT2D eigenvalue weighted by Crippen LogP contribution is 2.37. The lowest BCUT2D eigenvalue weighted by atomic mass is 10.2. The van der Waals surface area contributed by atoms with Gasteiger partial charge in [0.25, 0.3) is 11.1 Å². The molecule has 0 spiro atoms. The molecule has 1 saturated heterocycles. The SMILES string of the molecule is CCOc1ccc(N2C(=O)SC(=Cc3ccc(Cl)cc3Cl)C2=O)cc1. The minimum absolute atomic E-state index is 0.308. The number of imide groups is 1. The number of benzene rings is 2. The average Bonchev–Trinajstić information content (AvgIpc) is 2.85. The fourth-order valence-corrected chi connectivity index (χ4v) is 3.60. The summed E-state index contributed by atoms with van der Waals surface area (Å²) >= 11 is 12.9. The van der Waals surface area contributed by atoms with Gasteiger partial charge in [-0.1, -0.05) is 29.3 Å². The Morgan fingerprint density at radius 2 is 1.84 bits per heavy atom. The van der Waals surface area contributed by atoms with E-state index in [0.717, 1.165) is 16.7 Å². The number of carbonyl (C=O) groups excluding carboxylic acids is 2. The normalized spacial score (nSPS) is 16.0. The summed E-state index contributed by atoms with van der Waals surface area (Å²) in [7, 11) is 0. The molecule has 0 aromatic heterocycles. The van der Waals surface area contributed by atoms with Crippen molar-refractivity contribution in [2.75, 3.05) is 11.5 Å². The van der Waals surface area contributed by atoms with Crippen molar-refractivity contribution in [1.82, 2.24) is 0 Å². The second-order valence-corrected chi connectivity index (χ2v) is 6.95. The van der Waals surface area contributed by atoms with Crippen molar-refractivity contribution in [3.63, 3.8) is 0 Å². The molecule has 2 amide bonds. The molecule has 1 heterocycles. The van der Waals surface area contributed by atoms with Crippen LogP contribution in [0.1, 0.15) is 12.5 Å². The van der Waals surface area contributed by atoms with Gasteiger partial charge in [-0.05, 0) is 66.7 Å². The number of carbonyl (C=O) groups is 2. The van der Waals surface area contributed by atoms with Crippen molar-refractivity contribution >= 4 is 57.9 Å². The van der Waals surface area contributed by atoms with E-state index in [4.69, 9.17) is 27.9 Å². The minimum atomic E-state index is -0.384. The van der Waals surface area contributed by atoms with Crippen LogP contribution in [0, 0.1) is 0 Å². The van der Waals surface area contributed by atoms with E-state index in [1.165, 1.54) is 0 Å². The largest absolute Gasteiger partial charge is 0.494 e. The van der Waals surface area contributed by atoms with Gasteiger partial charge in [0.15, 0.2) is 0 Å². The zero-order valence-electron chi connectivity index (χ0n) is 13.2. The summed E-state index contributed by atoms with van der Waals surface area (Å²) in [6.45, 7) is 2.43. The van der Waals surface area contributed by atoms with Gasteiger partial charge in [0, 0.05) is 10.0 Å². The fourth-order valence-electron chi connectivity index (χ4n) is 2.31. The number of halogens is 2. The fraction of sp³-hybridized carbons (Fsp3) is 0.111. The van der Waals surface area contributed by atoms with Gasteiger partial charge in [0.1, 0.15) is 5.75 Å². The zero-order valence-corrected chi connectivity index (χ0v) is 15.5. The summed E-state index contributed by atoms with van der Waals surface area (Å²) in [6.07, 6.45) is 1.60. The molecule has 1 fully saturated rings. The molecule has 2 aromatic rings. The Labute approximate surface area is 159 Å². The topological polar surface area (TPSA) is 46.6 Å². The quantitative estimate of drug-likeness (QED) is 0.631. The predicted molar refractivity (Wildman–Crippen MR) is 103 cm³/mol. The smallest absolute Gasteiger partial charge is 0.298 e. The number of anilines is 1. The van der Waals surface area contributed by atoms with E-state index in [1.54, 1.807) is 48.5 Å². The molecule has 0 saturated carbocycles.